The second-order valence-electron chi connectivity index (χ2n) is 3.62. The van der Waals surface area contributed by atoms with Gasteiger partial charge < -0.3 is 10.1 Å². The first-order valence-corrected chi connectivity index (χ1v) is 5.13. The Labute approximate surface area is 103 Å². The van der Waals surface area contributed by atoms with Crippen LogP contribution in [-0.2, 0) is 4.79 Å². The number of nitrogens with one attached hydrogen (secondary N) is 1. The van der Waals surface area contributed by atoms with E-state index in [9.17, 15) is 19.7 Å². The minimum absolute atomic E-state index is 0.0973. The fourth-order valence-corrected chi connectivity index (χ4v) is 1.05. The van der Waals surface area contributed by atoms with E-state index in [0.717, 1.165) is 0 Å². The van der Waals surface area contributed by atoms with Gasteiger partial charge in [0.2, 0.25) is 0 Å². The fraction of sp³-hybridized carbons (Fsp3) is 0.273. The molecule has 0 aromatic heterocycles. The van der Waals surface area contributed by atoms with E-state index in [0.29, 0.717) is 0 Å². The summed E-state index contributed by atoms with van der Waals surface area (Å²) in [5, 5.41) is 12.7. The molecule has 0 radical (unpaired) electrons. The van der Waals surface area contributed by atoms with E-state index in [1.807, 2.05) is 0 Å². The monoisotopic (exact) mass is 252 g/mol. The van der Waals surface area contributed by atoms with Crippen molar-refractivity contribution < 1.29 is 19.2 Å². The minimum Gasteiger partial charge on any atom is -0.410 e. The number of non-ortho nitro benzene ring substituents is 1. The van der Waals surface area contributed by atoms with Crippen LogP contribution in [-0.4, -0.2) is 22.8 Å². The van der Waals surface area contributed by atoms with E-state index in [-0.39, 0.29) is 17.2 Å². The molecule has 0 fully saturated rings. The van der Waals surface area contributed by atoms with Crippen molar-refractivity contribution in [3.63, 3.8) is 0 Å². The topological polar surface area (TPSA) is 98.5 Å². The number of Topliss-reactive ketones (excluding diaryl/α,β-unsaturated/α-hetero) is 1. The van der Waals surface area contributed by atoms with E-state index in [1.165, 1.54) is 38.1 Å². The summed E-state index contributed by atoms with van der Waals surface area (Å²) in [5.41, 5.74) is -0.0973. The van der Waals surface area contributed by atoms with E-state index >= 15 is 0 Å². The Morgan fingerprint density at radius 2 is 1.89 bits per heavy atom. The van der Waals surface area contributed by atoms with Crippen molar-refractivity contribution in [1.82, 2.24) is 5.32 Å². The minimum atomic E-state index is -0.786. The lowest BCUT2D eigenvalue weighted by Crippen LogP contribution is -2.39. The first-order chi connectivity index (χ1) is 8.40. The number of hydrogen-bond acceptors (Lipinski definition) is 5. The Hall–Kier alpha value is -2.44. The van der Waals surface area contributed by atoms with Crippen molar-refractivity contribution in [1.29, 1.82) is 0 Å². The van der Waals surface area contributed by atoms with Gasteiger partial charge >= 0.3 is 6.09 Å². The number of ether oxygens (including phenoxy) is 1. The van der Waals surface area contributed by atoms with Gasteiger partial charge in [-0.15, -0.1) is 0 Å². The van der Waals surface area contributed by atoms with Crippen LogP contribution in [0, 0.1) is 10.1 Å². The largest absolute Gasteiger partial charge is 0.413 e. The molecule has 7 nitrogen and oxygen atoms in total. The van der Waals surface area contributed by atoms with E-state index in [4.69, 9.17) is 4.74 Å². The molecule has 0 aliphatic rings. The maximum absolute atomic E-state index is 11.3. The molecule has 0 aliphatic heterocycles. The van der Waals surface area contributed by atoms with Crippen LogP contribution in [0.2, 0.25) is 0 Å². The van der Waals surface area contributed by atoms with Crippen molar-refractivity contribution in [2.75, 3.05) is 0 Å². The van der Waals surface area contributed by atoms with E-state index < -0.39 is 17.1 Å². The zero-order valence-corrected chi connectivity index (χ0v) is 9.88. The number of benzene rings is 1. The number of nitro groups is 1. The van der Waals surface area contributed by atoms with Crippen LogP contribution in [0.5, 0.6) is 5.75 Å². The second kappa shape index (κ2) is 5.76. The first kappa shape index (κ1) is 13.6. The normalized spacial score (nSPS) is 11.4. The lowest BCUT2D eigenvalue weighted by Gasteiger charge is -2.10. The van der Waals surface area contributed by atoms with Crippen LogP contribution < -0.4 is 10.1 Å². The fourth-order valence-electron chi connectivity index (χ4n) is 1.05. The molecule has 1 atom stereocenters. The molecule has 0 heterocycles. The van der Waals surface area contributed by atoms with Gasteiger partial charge in [-0.2, -0.15) is 0 Å². The highest BCUT2D eigenvalue weighted by Crippen LogP contribution is 2.17. The Kier molecular flexibility index (Phi) is 4.36. The van der Waals surface area contributed by atoms with Crippen LogP contribution in [0.4, 0.5) is 10.5 Å². The predicted molar refractivity (Wildman–Crippen MR) is 62.4 cm³/mol. The van der Waals surface area contributed by atoms with Crippen molar-refractivity contribution in [3.8, 4) is 5.75 Å². The summed E-state index contributed by atoms with van der Waals surface area (Å²) in [6, 6.07) is 4.40. The molecule has 18 heavy (non-hydrogen) atoms. The zero-order valence-electron chi connectivity index (χ0n) is 9.88. The molecule has 1 N–H and O–H groups in total. The van der Waals surface area contributed by atoms with Gasteiger partial charge in [0.15, 0.2) is 5.78 Å². The van der Waals surface area contributed by atoms with E-state index in [2.05, 4.69) is 5.32 Å². The molecule has 7 heteroatoms. The molecular formula is C11H12N2O5. The Bertz CT molecular complexity index is 469. The molecule has 0 unspecified atom stereocenters. The predicted octanol–water partition coefficient (Wildman–Crippen LogP) is 1.66. The molecular weight excluding hydrogens is 240 g/mol. The first-order valence-electron chi connectivity index (χ1n) is 5.13. The van der Waals surface area contributed by atoms with Crippen molar-refractivity contribution >= 4 is 17.6 Å². The van der Waals surface area contributed by atoms with Crippen LogP contribution in [0.15, 0.2) is 24.3 Å². The standard InChI is InChI=1S/C11H12N2O5/c1-7(8(2)14)12-11(15)18-10-5-3-9(4-6-10)13(16)17/h3-7H,1-2H3,(H,12,15)/t7-/m0/s1. The average molecular weight is 252 g/mol. The molecule has 0 bridgehead atoms. The van der Waals surface area contributed by atoms with E-state index in [1.54, 1.807) is 0 Å². The number of nitrogens with zero attached hydrogens (tertiary/aromatic N) is 1. The molecule has 0 aliphatic carbocycles. The van der Waals surface area contributed by atoms with Gasteiger partial charge in [0.05, 0.1) is 11.0 Å². The van der Waals surface area contributed by atoms with Gasteiger partial charge in [0, 0.05) is 12.1 Å². The maximum atomic E-state index is 11.3. The van der Waals surface area contributed by atoms with Gasteiger partial charge in [0.25, 0.3) is 5.69 Å². The van der Waals surface area contributed by atoms with Gasteiger partial charge in [0.1, 0.15) is 5.75 Å². The lowest BCUT2D eigenvalue weighted by molar-refractivity contribution is -0.384. The third kappa shape index (κ3) is 3.85. The van der Waals surface area contributed by atoms with Crippen LogP contribution in [0.1, 0.15) is 13.8 Å². The molecule has 1 amide bonds. The summed E-state index contributed by atoms with van der Waals surface area (Å²) in [5.74, 6) is -0.0375. The lowest BCUT2D eigenvalue weighted by atomic mass is 10.2. The quantitative estimate of drug-likeness (QED) is 0.649. The van der Waals surface area contributed by atoms with Crippen molar-refractivity contribution in [2.45, 2.75) is 19.9 Å². The number of amides is 1. The third-order valence-electron chi connectivity index (χ3n) is 2.20. The summed E-state index contributed by atoms with van der Waals surface area (Å²) in [6.07, 6.45) is -0.786. The Morgan fingerprint density at radius 3 is 2.33 bits per heavy atom. The van der Waals surface area contributed by atoms with Gasteiger partial charge in [-0.3, -0.25) is 14.9 Å². The Balaban J connectivity index is 2.60. The SMILES string of the molecule is CC(=O)[C@H](C)NC(=O)Oc1ccc([N+](=O)[O-])cc1. The number of hydrogen-bond donors (Lipinski definition) is 1. The summed E-state index contributed by atoms with van der Waals surface area (Å²) in [6.45, 7) is 2.87. The molecule has 96 valence electrons. The molecule has 0 spiro atoms. The van der Waals surface area contributed by atoms with Crippen LogP contribution >= 0.6 is 0 Å². The average Bonchev–Trinajstić information content (AvgIpc) is 2.29. The van der Waals surface area contributed by atoms with Crippen molar-refractivity contribution in [2.24, 2.45) is 0 Å². The van der Waals surface area contributed by atoms with Crippen molar-refractivity contribution in [3.05, 3.63) is 34.4 Å². The maximum Gasteiger partial charge on any atom is 0.413 e. The molecule has 0 saturated carbocycles. The molecule has 1 rings (SSSR count). The number of carbonyl (C=O) groups is 2. The Morgan fingerprint density at radius 1 is 1.33 bits per heavy atom. The number of nitro benzene ring substituents is 1. The summed E-state index contributed by atoms with van der Waals surface area (Å²) < 4.78 is 4.85. The number of carbonyl (C=O) groups excluding carboxylic acids is 2. The highest BCUT2D eigenvalue weighted by Gasteiger charge is 2.13. The molecule has 1 aromatic rings. The zero-order chi connectivity index (χ0) is 13.7. The van der Waals surface area contributed by atoms with Gasteiger partial charge in [-0.1, -0.05) is 0 Å². The molecule has 0 saturated heterocycles. The van der Waals surface area contributed by atoms with Gasteiger partial charge in [-0.05, 0) is 26.0 Å². The highest BCUT2D eigenvalue weighted by atomic mass is 16.6. The highest BCUT2D eigenvalue weighted by molar-refractivity contribution is 5.85. The third-order valence-corrected chi connectivity index (χ3v) is 2.20. The summed E-state index contributed by atoms with van der Waals surface area (Å²) >= 11 is 0. The van der Waals surface area contributed by atoms with Crippen LogP contribution in [0.3, 0.4) is 0 Å². The van der Waals surface area contributed by atoms with Crippen LogP contribution in [0.25, 0.3) is 0 Å². The molecule has 1 aromatic carbocycles. The number of ketones is 1. The summed E-state index contributed by atoms with van der Waals surface area (Å²) in [7, 11) is 0. The van der Waals surface area contributed by atoms with Gasteiger partial charge in [-0.25, -0.2) is 4.79 Å². The number of rotatable bonds is 4. The smallest absolute Gasteiger partial charge is 0.410 e. The summed E-state index contributed by atoms with van der Waals surface area (Å²) in [4.78, 5) is 32.1. The second-order valence-corrected chi connectivity index (χ2v) is 3.62.